The van der Waals surface area contributed by atoms with Gasteiger partial charge in [-0.15, -0.1) is 0 Å². The maximum atomic E-state index is 13.5. The highest BCUT2D eigenvalue weighted by Crippen LogP contribution is 2.22. The summed E-state index contributed by atoms with van der Waals surface area (Å²) < 4.78 is 36.3. The first-order valence-electron chi connectivity index (χ1n) is 6.19. The highest BCUT2D eigenvalue weighted by Gasteiger charge is 2.10. The topological polar surface area (TPSA) is 46.2 Å². The number of rotatable bonds is 4. The monoisotopic (exact) mass is 293 g/mol. The van der Waals surface area contributed by atoms with Gasteiger partial charge in [-0.2, -0.15) is 0 Å². The Morgan fingerprint density at radius 3 is 2.20 bits per heavy atom. The summed E-state index contributed by atoms with van der Waals surface area (Å²) in [7, 11) is -3.19. The second-order valence-corrected chi connectivity index (χ2v) is 6.70. The second kappa shape index (κ2) is 5.63. The molecule has 0 fully saturated rings. The van der Waals surface area contributed by atoms with Crippen molar-refractivity contribution in [3.05, 3.63) is 59.9 Å². The van der Waals surface area contributed by atoms with E-state index in [4.69, 9.17) is 0 Å². The van der Waals surface area contributed by atoms with Crippen molar-refractivity contribution in [3.8, 4) is 0 Å². The van der Waals surface area contributed by atoms with Crippen LogP contribution in [0.5, 0.6) is 0 Å². The normalized spacial score (nSPS) is 12.9. The average Bonchev–Trinajstić information content (AvgIpc) is 2.40. The van der Waals surface area contributed by atoms with Crippen LogP contribution >= 0.6 is 0 Å². The molecule has 3 nitrogen and oxygen atoms in total. The largest absolute Gasteiger partial charge is 0.376 e. The minimum Gasteiger partial charge on any atom is -0.376 e. The summed E-state index contributed by atoms with van der Waals surface area (Å²) in [5, 5.41) is 3.06. The zero-order valence-electron chi connectivity index (χ0n) is 11.3. The molecule has 106 valence electrons. The Morgan fingerprint density at radius 1 is 1.05 bits per heavy atom. The summed E-state index contributed by atoms with van der Waals surface area (Å²) in [5.41, 5.74) is 1.31. The molecule has 0 aromatic heterocycles. The van der Waals surface area contributed by atoms with Gasteiger partial charge in [-0.25, -0.2) is 12.8 Å². The Kier molecular flexibility index (Phi) is 4.09. The third-order valence-corrected chi connectivity index (χ3v) is 4.18. The molecular formula is C15H16FNO2S. The van der Waals surface area contributed by atoms with E-state index in [-0.39, 0.29) is 16.8 Å². The van der Waals surface area contributed by atoms with E-state index in [9.17, 15) is 12.8 Å². The number of hydrogen-bond donors (Lipinski definition) is 1. The Labute approximate surface area is 118 Å². The van der Waals surface area contributed by atoms with Crippen LogP contribution in [0.1, 0.15) is 18.5 Å². The van der Waals surface area contributed by atoms with Crippen molar-refractivity contribution in [1.29, 1.82) is 0 Å². The van der Waals surface area contributed by atoms with Crippen molar-refractivity contribution < 1.29 is 12.8 Å². The predicted octanol–water partition coefficient (Wildman–Crippen LogP) is 3.40. The minimum atomic E-state index is -3.19. The molecule has 0 heterocycles. The van der Waals surface area contributed by atoms with E-state index < -0.39 is 9.84 Å². The molecule has 20 heavy (non-hydrogen) atoms. The lowest BCUT2D eigenvalue weighted by atomic mass is 10.1. The lowest BCUT2D eigenvalue weighted by Gasteiger charge is -2.16. The Morgan fingerprint density at radius 2 is 1.65 bits per heavy atom. The van der Waals surface area contributed by atoms with Gasteiger partial charge in [0.1, 0.15) is 5.82 Å². The fraction of sp³-hybridized carbons (Fsp3) is 0.200. The summed E-state index contributed by atoms with van der Waals surface area (Å²) in [6, 6.07) is 12.9. The van der Waals surface area contributed by atoms with Crippen LogP contribution in [0.2, 0.25) is 0 Å². The Bertz CT molecular complexity index is 696. The maximum Gasteiger partial charge on any atom is 0.175 e. The first-order valence-corrected chi connectivity index (χ1v) is 8.08. The average molecular weight is 293 g/mol. The van der Waals surface area contributed by atoms with E-state index >= 15 is 0 Å². The number of halogens is 1. The van der Waals surface area contributed by atoms with Crippen LogP contribution in [-0.4, -0.2) is 14.7 Å². The van der Waals surface area contributed by atoms with Crippen LogP contribution in [-0.2, 0) is 9.84 Å². The van der Waals surface area contributed by atoms with Crippen molar-refractivity contribution in [2.45, 2.75) is 17.9 Å². The summed E-state index contributed by atoms with van der Waals surface area (Å²) in [4.78, 5) is 0.277. The van der Waals surface area contributed by atoms with Crippen molar-refractivity contribution in [2.24, 2.45) is 0 Å². The summed E-state index contributed by atoms with van der Waals surface area (Å²) in [6.45, 7) is 1.89. The molecule has 1 atom stereocenters. The Balaban J connectivity index is 2.18. The van der Waals surface area contributed by atoms with E-state index in [0.29, 0.717) is 5.69 Å². The number of nitrogens with one attached hydrogen (secondary N) is 1. The summed E-state index contributed by atoms with van der Waals surface area (Å²) in [6.07, 6.45) is 1.17. The van der Waals surface area contributed by atoms with Crippen molar-refractivity contribution in [2.75, 3.05) is 11.6 Å². The standard InChI is InChI=1S/C15H16FNO2S/c1-11(17-15-6-4-3-5-14(15)16)12-7-9-13(10-8-12)20(2,18)19/h3-11,17H,1-2H3. The van der Waals surface area contributed by atoms with Gasteiger partial charge in [0.15, 0.2) is 9.84 Å². The van der Waals surface area contributed by atoms with Gasteiger partial charge in [-0.05, 0) is 36.8 Å². The van der Waals surface area contributed by atoms with Crippen LogP contribution in [0.25, 0.3) is 0 Å². The van der Waals surface area contributed by atoms with Crippen molar-refractivity contribution >= 4 is 15.5 Å². The summed E-state index contributed by atoms with van der Waals surface area (Å²) in [5.74, 6) is -0.313. The molecule has 2 rings (SSSR count). The zero-order valence-corrected chi connectivity index (χ0v) is 12.1. The Hall–Kier alpha value is -1.88. The van der Waals surface area contributed by atoms with Crippen molar-refractivity contribution in [3.63, 3.8) is 0 Å². The molecule has 0 radical (unpaired) electrons. The molecule has 0 aliphatic carbocycles. The van der Waals surface area contributed by atoms with Gasteiger partial charge < -0.3 is 5.32 Å². The van der Waals surface area contributed by atoms with Crippen LogP contribution in [0.3, 0.4) is 0 Å². The van der Waals surface area contributed by atoms with Crippen LogP contribution in [0, 0.1) is 5.82 Å². The lowest BCUT2D eigenvalue weighted by molar-refractivity contribution is 0.602. The van der Waals surface area contributed by atoms with E-state index in [1.54, 1.807) is 42.5 Å². The van der Waals surface area contributed by atoms with Gasteiger partial charge in [0, 0.05) is 12.3 Å². The van der Waals surface area contributed by atoms with Crippen molar-refractivity contribution in [1.82, 2.24) is 0 Å². The SMILES string of the molecule is CC(Nc1ccccc1F)c1ccc(S(C)(=O)=O)cc1. The number of sulfone groups is 1. The molecule has 1 unspecified atom stereocenters. The molecule has 0 aliphatic rings. The van der Waals surface area contributed by atoms with E-state index in [0.717, 1.165) is 5.56 Å². The third kappa shape index (κ3) is 3.36. The summed E-state index contributed by atoms with van der Waals surface area (Å²) >= 11 is 0. The number of para-hydroxylation sites is 1. The molecule has 1 N–H and O–H groups in total. The molecular weight excluding hydrogens is 277 g/mol. The number of anilines is 1. The van der Waals surface area contributed by atoms with Crippen LogP contribution in [0.15, 0.2) is 53.4 Å². The molecule has 0 amide bonds. The van der Waals surface area contributed by atoms with E-state index in [1.807, 2.05) is 6.92 Å². The van der Waals surface area contributed by atoms with Gasteiger partial charge in [0.25, 0.3) is 0 Å². The van der Waals surface area contributed by atoms with Gasteiger partial charge in [0.05, 0.1) is 10.6 Å². The predicted molar refractivity (Wildman–Crippen MR) is 78.0 cm³/mol. The lowest BCUT2D eigenvalue weighted by Crippen LogP contribution is -2.08. The van der Waals surface area contributed by atoms with Crippen LogP contribution in [0.4, 0.5) is 10.1 Å². The fourth-order valence-electron chi connectivity index (χ4n) is 1.90. The first kappa shape index (κ1) is 14.5. The third-order valence-electron chi connectivity index (χ3n) is 3.05. The number of hydrogen-bond acceptors (Lipinski definition) is 3. The zero-order chi connectivity index (χ0) is 14.8. The first-order chi connectivity index (χ1) is 9.38. The van der Waals surface area contributed by atoms with Crippen LogP contribution < -0.4 is 5.32 Å². The molecule has 5 heteroatoms. The van der Waals surface area contributed by atoms with E-state index in [2.05, 4.69) is 5.32 Å². The van der Waals surface area contributed by atoms with Gasteiger partial charge in [-0.1, -0.05) is 24.3 Å². The molecule has 0 bridgehead atoms. The van der Waals surface area contributed by atoms with E-state index in [1.165, 1.54) is 12.3 Å². The smallest absolute Gasteiger partial charge is 0.175 e. The van der Waals surface area contributed by atoms with Gasteiger partial charge in [0.2, 0.25) is 0 Å². The quantitative estimate of drug-likeness (QED) is 0.939. The second-order valence-electron chi connectivity index (χ2n) is 4.69. The maximum absolute atomic E-state index is 13.5. The molecule has 0 saturated heterocycles. The van der Waals surface area contributed by atoms with Gasteiger partial charge in [-0.3, -0.25) is 0 Å². The minimum absolute atomic E-state index is 0.125. The molecule has 2 aromatic rings. The molecule has 0 spiro atoms. The molecule has 0 saturated carbocycles. The molecule has 0 aliphatic heterocycles. The number of benzene rings is 2. The van der Waals surface area contributed by atoms with Gasteiger partial charge >= 0.3 is 0 Å². The molecule has 2 aromatic carbocycles. The fourth-order valence-corrected chi connectivity index (χ4v) is 2.53. The highest BCUT2D eigenvalue weighted by molar-refractivity contribution is 7.90. The highest BCUT2D eigenvalue weighted by atomic mass is 32.2.